The molecule has 0 spiro atoms. The summed E-state index contributed by atoms with van der Waals surface area (Å²) in [5.41, 5.74) is 5.54. The lowest BCUT2D eigenvalue weighted by Gasteiger charge is -2.18. The van der Waals surface area contributed by atoms with Gasteiger partial charge >= 0.3 is 0 Å². The minimum Gasteiger partial charge on any atom is -0.310 e. The molecular weight excluding hydrogens is 321 g/mol. The van der Waals surface area contributed by atoms with E-state index in [0.717, 1.165) is 27.2 Å². The van der Waals surface area contributed by atoms with Crippen LogP contribution in [0.4, 0.5) is 0 Å². The summed E-state index contributed by atoms with van der Waals surface area (Å²) in [5, 5.41) is 3.53. The van der Waals surface area contributed by atoms with Crippen molar-refractivity contribution < 1.29 is 0 Å². The Hall–Kier alpha value is -0.540. The molecule has 2 aromatic rings. The molecule has 1 nitrogen and oxygen atoms in total. The average molecular weight is 340 g/mol. The average Bonchev–Trinajstić information content (AvgIpc) is 3.04. The molecule has 0 radical (unpaired) electrons. The highest BCUT2D eigenvalue weighted by Crippen LogP contribution is 2.36. The van der Waals surface area contributed by atoms with E-state index in [1.165, 1.54) is 47.3 Å². The highest BCUT2D eigenvalue weighted by Gasteiger charge is 2.18. The van der Waals surface area contributed by atoms with Crippen LogP contribution in [0.5, 0.6) is 0 Å². The fourth-order valence-corrected chi connectivity index (χ4v) is 4.70. The largest absolute Gasteiger partial charge is 0.310 e. The van der Waals surface area contributed by atoms with Crippen LogP contribution in [0, 0.1) is 0 Å². The normalized spacial score (nSPS) is 15.2. The zero-order valence-electron chi connectivity index (χ0n) is 12.1. The molecule has 1 aromatic heterocycles. The molecule has 4 heteroatoms. The lowest BCUT2D eigenvalue weighted by atomic mass is 9.98. The van der Waals surface area contributed by atoms with Gasteiger partial charge in [0.25, 0.3) is 0 Å². The third kappa shape index (κ3) is 3.45. The Kier molecular flexibility index (Phi) is 4.90. The second-order valence-corrected chi connectivity index (χ2v) is 7.84. The zero-order valence-corrected chi connectivity index (χ0v) is 14.4. The van der Waals surface area contributed by atoms with Crippen LogP contribution in [0.3, 0.4) is 0 Å². The number of benzene rings is 1. The summed E-state index contributed by atoms with van der Waals surface area (Å²) in [5.74, 6) is 0. The van der Waals surface area contributed by atoms with Gasteiger partial charge in [-0.3, -0.25) is 0 Å². The minimum absolute atomic E-state index is 0.228. The van der Waals surface area contributed by atoms with E-state index in [1.54, 1.807) is 0 Å². The molecule has 1 heterocycles. The molecule has 0 aliphatic heterocycles. The van der Waals surface area contributed by atoms with Crippen LogP contribution in [0.1, 0.15) is 41.6 Å². The fraction of sp³-hybridized carbons (Fsp3) is 0.412. The molecule has 0 saturated carbocycles. The van der Waals surface area contributed by atoms with Crippen molar-refractivity contribution in [3.05, 3.63) is 55.2 Å². The number of hydrogen-bond acceptors (Lipinski definition) is 2. The number of nitrogens with one attached hydrogen (secondary N) is 1. The van der Waals surface area contributed by atoms with Gasteiger partial charge in [-0.15, -0.1) is 11.3 Å². The highest BCUT2D eigenvalue weighted by atomic mass is 35.5. The summed E-state index contributed by atoms with van der Waals surface area (Å²) >= 11 is 13.9. The molecule has 112 valence electrons. The predicted octanol–water partition coefficient (Wildman–Crippen LogP) is 5.44. The predicted molar refractivity (Wildman–Crippen MR) is 92.9 cm³/mol. The first-order valence-corrected chi connectivity index (χ1v) is 9.03. The SMILES string of the molecule is CCNC(Cc1ccc2c(c1)CCC2)c1cc(Cl)sc1Cl. The maximum Gasteiger partial charge on any atom is 0.0992 e. The fourth-order valence-electron chi connectivity index (χ4n) is 3.12. The van der Waals surface area contributed by atoms with Crippen molar-refractivity contribution in [3.63, 3.8) is 0 Å². The van der Waals surface area contributed by atoms with E-state index in [1.807, 2.05) is 6.07 Å². The van der Waals surface area contributed by atoms with Crippen molar-refractivity contribution in [1.82, 2.24) is 5.32 Å². The van der Waals surface area contributed by atoms with E-state index in [2.05, 4.69) is 30.4 Å². The number of thiophene rings is 1. The number of fused-ring (bicyclic) bond motifs is 1. The zero-order chi connectivity index (χ0) is 14.8. The second kappa shape index (κ2) is 6.70. The Balaban J connectivity index is 1.83. The molecule has 0 amide bonds. The van der Waals surface area contributed by atoms with E-state index in [-0.39, 0.29) is 6.04 Å². The van der Waals surface area contributed by atoms with Crippen molar-refractivity contribution in [2.45, 2.75) is 38.6 Å². The highest BCUT2D eigenvalue weighted by molar-refractivity contribution is 7.20. The van der Waals surface area contributed by atoms with Gasteiger partial charge in [-0.2, -0.15) is 0 Å². The minimum atomic E-state index is 0.228. The van der Waals surface area contributed by atoms with Gasteiger partial charge in [0.1, 0.15) is 0 Å². The van der Waals surface area contributed by atoms with Crippen LogP contribution >= 0.6 is 34.5 Å². The van der Waals surface area contributed by atoms with E-state index in [4.69, 9.17) is 23.2 Å². The topological polar surface area (TPSA) is 12.0 Å². The number of halogens is 2. The molecule has 1 aliphatic carbocycles. The van der Waals surface area contributed by atoms with Gasteiger partial charge in [-0.05, 0) is 55.0 Å². The van der Waals surface area contributed by atoms with Crippen LogP contribution in [-0.4, -0.2) is 6.54 Å². The molecule has 1 N–H and O–H groups in total. The van der Waals surface area contributed by atoms with E-state index < -0.39 is 0 Å². The Bertz CT molecular complexity index is 636. The molecule has 0 saturated heterocycles. The molecular formula is C17H19Cl2NS. The maximum atomic E-state index is 6.33. The first kappa shape index (κ1) is 15.4. The van der Waals surface area contributed by atoms with Crippen LogP contribution in [0.15, 0.2) is 24.3 Å². The summed E-state index contributed by atoms with van der Waals surface area (Å²) in [7, 11) is 0. The quantitative estimate of drug-likeness (QED) is 0.764. The van der Waals surface area contributed by atoms with Crippen molar-refractivity contribution in [1.29, 1.82) is 0 Å². The van der Waals surface area contributed by atoms with Crippen LogP contribution < -0.4 is 5.32 Å². The maximum absolute atomic E-state index is 6.33. The Morgan fingerprint density at radius 2 is 2.00 bits per heavy atom. The van der Waals surface area contributed by atoms with E-state index >= 15 is 0 Å². The molecule has 3 rings (SSSR count). The van der Waals surface area contributed by atoms with Crippen molar-refractivity contribution in [2.24, 2.45) is 0 Å². The van der Waals surface area contributed by atoms with Crippen molar-refractivity contribution in [3.8, 4) is 0 Å². The van der Waals surface area contributed by atoms with Gasteiger partial charge in [0.05, 0.1) is 8.67 Å². The third-order valence-corrected chi connectivity index (χ3v) is 5.63. The van der Waals surface area contributed by atoms with Gasteiger partial charge in [0.15, 0.2) is 0 Å². The third-order valence-electron chi connectivity index (χ3n) is 4.11. The molecule has 1 atom stereocenters. The number of hydrogen-bond donors (Lipinski definition) is 1. The molecule has 0 fully saturated rings. The molecule has 21 heavy (non-hydrogen) atoms. The van der Waals surface area contributed by atoms with Gasteiger partial charge in [0.2, 0.25) is 0 Å². The van der Waals surface area contributed by atoms with Gasteiger partial charge in [-0.25, -0.2) is 0 Å². The van der Waals surface area contributed by atoms with Gasteiger partial charge in [0, 0.05) is 11.6 Å². The summed E-state index contributed by atoms with van der Waals surface area (Å²) in [4.78, 5) is 0. The monoisotopic (exact) mass is 339 g/mol. The lowest BCUT2D eigenvalue weighted by molar-refractivity contribution is 0.551. The number of rotatable bonds is 5. The Morgan fingerprint density at radius 1 is 1.19 bits per heavy atom. The summed E-state index contributed by atoms with van der Waals surface area (Å²) < 4.78 is 1.55. The number of aryl methyl sites for hydroxylation is 2. The van der Waals surface area contributed by atoms with Gasteiger partial charge in [-0.1, -0.05) is 48.3 Å². The number of likely N-dealkylation sites (N-methyl/N-ethyl adjacent to an activating group) is 1. The lowest BCUT2D eigenvalue weighted by Crippen LogP contribution is -2.22. The molecule has 1 unspecified atom stereocenters. The van der Waals surface area contributed by atoms with Crippen molar-refractivity contribution >= 4 is 34.5 Å². The van der Waals surface area contributed by atoms with Crippen LogP contribution in [-0.2, 0) is 19.3 Å². The Labute approximate surface area is 140 Å². The summed E-state index contributed by atoms with van der Waals surface area (Å²) in [6.45, 7) is 3.04. The van der Waals surface area contributed by atoms with E-state index in [9.17, 15) is 0 Å². The van der Waals surface area contributed by atoms with Crippen LogP contribution in [0.2, 0.25) is 8.67 Å². The summed E-state index contributed by atoms with van der Waals surface area (Å²) in [6, 6.07) is 9.15. The smallest absolute Gasteiger partial charge is 0.0992 e. The van der Waals surface area contributed by atoms with Crippen molar-refractivity contribution in [2.75, 3.05) is 6.54 Å². The molecule has 0 bridgehead atoms. The standard InChI is InChI=1S/C17H19Cl2NS/c1-2-20-15(14-10-16(18)21-17(14)19)9-11-6-7-12-4-3-5-13(12)8-11/h6-8,10,15,20H,2-5,9H2,1H3. The first-order chi connectivity index (χ1) is 10.2. The van der Waals surface area contributed by atoms with E-state index in [0.29, 0.717) is 0 Å². The van der Waals surface area contributed by atoms with Crippen LogP contribution in [0.25, 0.3) is 0 Å². The second-order valence-electron chi connectivity index (χ2n) is 5.55. The molecule has 1 aliphatic rings. The Morgan fingerprint density at radius 3 is 2.71 bits per heavy atom. The first-order valence-electron chi connectivity index (χ1n) is 7.46. The summed E-state index contributed by atoms with van der Waals surface area (Å²) in [6.07, 6.45) is 4.70. The molecule has 1 aromatic carbocycles. The van der Waals surface area contributed by atoms with Gasteiger partial charge < -0.3 is 5.32 Å².